The third kappa shape index (κ3) is 4.36. The highest BCUT2D eigenvalue weighted by atomic mass is 16.5. The van der Waals surface area contributed by atoms with Crippen molar-refractivity contribution in [3.63, 3.8) is 0 Å². The summed E-state index contributed by atoms with van der Waals surface area (Å²) in [5.41, 5.74) is 4.74. The first-order valence-electron chi connectivity index (χ1n) is 13.2. The molecule has 0 aliphatic carbocycles. The number of carbonyl (C=O) groups is 3. The highest BCUT2D eigenvalue weighted by molar-refractivity contribution is 6.21. The van der Waals surface area contributed by atoms with Gasteiger partial charge >= 0.3 is 0 Å². The van der Waals surface area contributed by atoms with Gasteiger partial charge in [0.15, 0.2) is 0 Å². The fourth-order valence-corrected chi connectivity index (χ4v) is 5.22. The van der Waals surface area contributed by atoms with Gasteiger partial charge in [0, 0.05) is 30.8 Å². The first kappa shape index (κ1) is 26.1. The summed E-state index contributed by atoms with van der Waals surface area (Å²) < 4.78 is 12.0. The van der Waals surface area contributed by atoms with Gasteiger partial charge in [-0.2, -0.15) is 0 Å². The Hall–Kier alpha value is -5.17. The normalized spacial score (nSPS) is 14.4. The Morgan fingerprint density at radius 1 is 0.537 bits per heavy atom. The SMILES string of the molecule is C=C1c2ccc(Oc3ccc(C(C)(C)c4ccc(Oc5ccc6c(c5)C(=O)N(C)C6=O)cc4)cc3)cc2C(=O)N1C. The minimum Gasteiger partial charge on any atom is -0.457 e. The maximum atomic E-state index is 12.5. The number of amides is 3. The molecule has 41 heavy (non-hydrogen) atoms. The van der Waals surface area contributed by atoms with Crippen LogP contribution in [-0.2, 0) is 5.41 Å². The third-order valence-electron chi connectivity index (χ3n) is 7.93. The summed E-state index contributed by atoms with van der Waals surface area (Å²) in [6.07, 6.45) is 0. The Balaban J connectivity index is 1.15. The van der Waals surface area contributed by atoms with E-state index < -0.39 is 0 Å². The Morgan fingerprint density at radius 2 is 0.927 bits per heavy atom. The number of hydrogen-bond acceptors (Lipinski definition) is 5. The van der Waals surface area contributed by atoms with Gasteiger partial charge in [0.05, 0.1) is 16.7 Å². The van der Waals surface area contributed by atoms with E-state index in [1.54, 1.807) is 36.2 Å². The number of rotatable bonds is 6. The summed E-state index contributed by atoms with van der Waals surface area (Å²) in [5, 5.41) is 0. The first-order chi connectivity index (χ1) is 19.5. The summed E-state index contributed by atoms with van der Waals surface area (Å²) in [7, 11) is 3.19. The maximum absolute atomic E-state index is 12.5. The lowest BCUT2D eigenvalue weighted by Gasteiger charge is -2.26. The van der Waals surface area contributed by atoms with E-state index in [0.29, 0.717) is 45.4 Å². The number of carbonyl (C=O) groups excluding carboxylic acids is 3. The van der Waals surface area contributed by atoms with E-state index in [1.165, 1.54) is 7.05 Å². The highest BCUT2D eigenvalue weighted by Crippen LogP contribution is 2.37. The highest BCUT2D eigenvalue weighted by Gasteiger charge is 2.33. The van der Waals surface area contributed by atoms with Gasteiger partial charge in [-0.15, -0.1) is 0 Å². The molecule has 7 nitrogen and oxygen atoms in total. The van der Waals surface area contributed by atoms with Crippen LogP contribution in [0.2, 0.25) is 0 Å². The van der Waals surface area contributed by atoms with Gasteiger partial charge in [0.2, 0.25) is 0 Å². The minimum absolute atomic E-state index is 0.0873. The van der Waals surface area contributed by atoms with Crippen molar-refractivity contribution in [2.75, 3.05) is 14.1 Å². The van der Waals surface area contributed by atoms with E-state index in [-0.39, 0.29) is 23.1 Å². The molecule has 2 aliphatic heterocycles. The van der Waals surface area contributed by atoms with Gasteiger partial charge in [0.1, 0.15) is 23.0 Å². The van der Waals surface area contributed by atoms with Crippen molar-refractivity contribution in [3.05, 3.63) is 125 Å². The van der Waals surface area contributed by atoms with Crippen molar-refractivity contribution >= 4 is 23.4 Å². The molecule has 6 rings (SSSR count). The van der Waals surface area contributed by atoms with Crippen molar-refractivity contribution in [2.24, 2.45) is 0 Å². The smallest absolute Gasteiger partial charge is 0.261 e. The molecule has 0 unspecified atom stereocenters. The van der Waals surface area contributed by atoms with Crippen LogP contribution in [0.3, 0.4) is 0 Å². The summed E-state index contributed by atoms with van der Waals surface area (Å²) in [6, 6.07) is 26.1. The second-order valence-electron chi connectivity index (χ2n) is 10.8. The second kappa shape index (κ2) is 9.48. The Labute approximate surface area is 238 Å². The van der Waals surface area contributed by atoms with E-state index in [2.05, 4.69) is 20.4 Å². The molecule has 0 saturated carbocycles. The van der Waals surface area contributed by atoms with E-state index in [1.807, 2.05) is 60.7 Å². The largest absolute Gasteiger partial charge is 0.457 e. The van der Waals surface area contributed by atoms with Crippen molar-refractivity contribution in [3.8, 4) is 23.0 Å². The third-order valence-corrected chi connectivity index (χ3v) is 7.93. The average molecular weight is 545 g/mol. The quantitative estimate of drug-likeness (QED) is 0.247. The number of nitrogens with zero attached hydrogens (tertiary/aromatic N) is 2. The molecule has 0 N–H and O–H groups in total. The summed E-state index contributed by atoms with van der Waals surface area (Å²) in [5.74, 6) is 1.66. The monoisotopic (exact) mass is 544 g/mol. The van der Waals surface area contributed by atoms with Crippen LogP contribution in [0, 0.1) is 0 Å². The standard InChI is InChI=1S/C34H28N2O5/c1-20-27-16-14-25(18-29(27)32(38)35(20)4)40-23-10-6-21(7-11-23)34(2,3)22-8-12-24(13-9-22)41-26-15-17-28-30(19-26)33(39)36(5)31(28)37/h6-19H,1H2,2-5H3. The molecular formula is C34H28N2O5. The Bertz CT molecular complexity index is 1620. The molecule has 7 heteroatoms. The zero-order valence-corrected chi connectivity index (χ0v) is 23.2. The van der Waals surface area contributed by atoms with Gasteiger partial charge in [0.25, 0.3) is 17.7 Å². The molecule has 3 amide bonds. The van der Waals surface area contributed by atoms with Crippen LogP contribution in [-0.4, -0.2) is 41.6 Å². The molecule has 0 atom stereocenters. The summed E-state index contributed by atoms with van der Waals surface area (Å²) >= 11 is 0. The summed E-state index contributed by atoms with van der Waals surface area (Å²) in [6.45, 7) is 8.27. The molecular weight excluding hydrogens is 516 g/mol. The number of hydrogen-bond donors (Lipinski definition) is 0. The van der Waals surface area contributed by atoms with Crippen molar-refractivity contribution in [1.29, 1.82) is 0 Å². The molecule has 4 aromatic carbocycles. The first-order valence-corrected chi connectivity index (χ1v) is 13.2. The average Bonchev–Trinajstić information content (AvgIpc) is 3.32. The number of ether oxygens (including phenoxy) is 2. The molecule has 0 spiro atoms. The van der Waals surface area contributed by atoms with Crippen LogP contribution in [0.5, 0.6) is 23.0 Å². The molecule has 0 aromatic heterocycles. The molecule has 0 bridgehead atoms. The lowest BCUT2D eigenvalue weighted by Crippen LogP contribution is -2.24. The maximum Gasteiger partial charge on any atom is 0.261 e. The van der Waals surface area contributed by atoms with Gasteiger partial charge < -0.3 is 14.4 Å². The zero-order valence-electron chi connectivity index (χ0n) is 23.2. The van der Waals surface area contributed by atoms with Crippen molar-refractivity contribution < 1.29 is 23.9 Å². The van der Waals surface area contributed by atoms with Gasteiger partial charge in [-0.1, -0.05) is 44.7 Å². The van der Waals surface area contributed by atoms with Crippen LogP contribution in [0.1, 0.15) is 61.6 Å². The van der Waals surface area contributed by atoms with Gasteiger partial charge in [-0.25, -0.2) is 0 Å². The molecule has 2 heterocycles. The summed E-state index contributed by atoms with van der Waals surface area (Å²) in [4.78, 5) is 39.6. The molecule has 2 aliphatic rings. The number of imide groups is 1. The number of benzene rings is 4. The lowest BCUT2D eigenvalue weighted by molar-refractivity contribution is 0.0692. The zero-order chi connectivity index (χ0) is 29.1. The fraction of sp³-hybridized carbons (Fsp3) is 0.147. The molecule has 0 radical (unpaired) electrons. The van der Waals surface area contributed by atoms with Crippen LogP contribution in [0.15, 0.2) is 91.5 Å². The Kier molecular flexibility index (Phi) is 6.03. The fourth-order valence-electron chi connectivity index (χ4n) is 5.22. The van der Waals surface area contributed by atoms with Gasteiger partial charge in [-0.3, -0.25) is 19.3 Å². The van der Waals surface area contributed by atoms with E-state index in [9.17, 15) is 14.4 Å². The van der Waals surface area contributed by atoms with Crippen molar-refractivity contribution in [1.82, 2.24) is 9.80 Å². The Morgan fingerprint density at radius 3 is 1.44 bits per heavy atom. The van der Waals surface area contributed by atoms with Crippen molar-refractivity contribution in [2.45, 2.75) is 19.3 Å². The van der Waals surface area contributed by atoms with Crippen LogP contribution in [0.25, 0.3) is 5.70 Å². The van der Waals surface area contributed by atoms with E-state index >= 15 is 0 Å². The van der Waals surface area contributed by atoms with Crippen LogP contribution >= 0.6 is 0 Å². The van der Waals surface area contributed by atoms with Crippen LogP contribution in [0.4, 0.5) is 0 Å². The minimum atomic E-state index is -0.328. The van der Waals surface area contributed by atoms with E-state index in [4.69, 9.17) is 9.47 Å². The van der Waals surface area contributed by atoms with Crippen LogP contribution < -0.4 is 9.47 Å². The number of fused-ring (bicyclic) bond motifs is 2. The second-order valence-corrected chi connectivity index (χ2v) is 10.8. The topological polar surface area (TPSA) is 76.1 Å². The predicted molar refractivity (Wildman–Crippen MR) is 156 cm³/mol. The molecule has 4 aromatic rings. The molecule has 0 fully saturated rings. The molecule has 204 valence electrons. The molecule has 0 saturated heterocycles. The predicted octanol–water partition coefficient (Wildman–Crippen LogP) is 6.88. The lowest BCUT2D eigenvalue weighted by atomic mass is 9.78. The van der Waals surface area contributed by atoms with Gasteiger partial charge in [-0.05, 0) is 71.8 Å². The van der Waals surface area contributed by atoms with E-state index in [0.717, 1.165) is 21.6 Å².